The van der Waals surface area contributed by atoms with Gasteiger partial charge in [-0.15, -0.1) is 0 Å². The van der Waals surface area contributed by atoms with Crippen molar-refractivity contribution >= 4 is 27.3 Å². The van der Waals surface area contributed by atoms with Crippen LogP contribution >= 0.6 is 0 Å². The molecule has 0 unspecified atom stereocenters. The summed E-state index contributed by atoms with van der Waals surface area (Å²) in [4.78, 5) is 14.0. The van der Waals surface area contributed by atoms with Crippen molar-refractivity contribution < 1.29 is 13.2 Å². The maximum atomic E-state index is 12.2. The van der Waals surface area contributed by atoms with Gasteiger partial charge in [-0.25, -0.2) is 8.42 Å². The summed E-state index contributed by atoms with van der Waals surface area (Å²) in [5, 5.41) is 2.78. The van der Waals surface area contributed by atoms with Gasteiger partial charge >= 0.3 is 0 Å². The first-order valence-corrected chi connectivity index (χ1v) is 10.7. The van der Waals surface area contributed by atoms with Crippen LogP contribution in [-0.4, -0.2) is 46.8 Å². The molecule has 25 heavy (non-hydrogen) atoms. The van der Waals surface area contributed by atoms with E-state index in [9.17, 15) is 13.2 Å². The lowest BCUT2D eigenvalue weighted by atomic mass is 10.1. The van der Waals surface area contributed by atoms with Crippen molar-refractivity contribution in [1.29, 1.82) is 0 Å². The van der Waals surface area contributed by atoms with Gasteiger partial charge in [-0.05, 0) is 51.0 Å². The molecule has 0 aliphatic rings. The third-order valence-electron chi connectivity index (χ3n) is 4.09. The van der Waals surface area contributed by atoms with Gasteiger partial charge in [0.05, 0.1) is 11.9 Å². The summed E-state index contributed by atoms with van der Waals surface area (Å²) in [5.41, 5.74) is 2.57. The molecule has 0 spiro atoms. The van der Waals surface area contributed by atoms with Crippen molar-refractivity contribution in [2.45, 2.75) is 40.5 Å². The maximum absolute atomic E-state index is 12.2. The summed E-state index contributed by atoms with van der Waals surface area (Å²) in [6, 6.07) is 5.76. The Labute approximate surface area is 152 Å². The summed E-state index contributed by atoms with van der Waals surface area (Å²) in [6.45, 7) is 10.6. The van der Waals surface area contributed by atoms with Crippen LogP contribution in [0.3, 0.4) is 0 Å². The summed E-state index contributed by atoms with van der Waals surface area (Å²) in [6.07, 6.45) is 2.17. The largest absolute Gasteiger partial charge is 0.372 e. The first-order valence-electron chi connectivity index (χ1n) is 8.84. The molecule has 1 aromatic rings. The Morgan fingerprint density at radius 3 is 2.28 bits per heavy atom. The molecule has 0 saturated carbocycles. The molecule has 0 fully saturated rings. The molecule has 142 valence electrons. The molecule has 0 aromatic heterocycles. The number of hydrogen-bond donors (Lipinski definition) is 1. The lowest BCUT2D eigenvalue weighted by Crippen LogP contribution is -2.35. The fourth-order valence-corrected chi connectivity index (χ4v) is 3.71. The number of anilines is 2. The Bertz CT molecular complexity index is 670. The quantitative estimate of drug-likeness (QED) is 0.688. The van der Waals surface area contributed by atoms with Crippen LogP contribution < -0.4 is 14.5 Å². The summed E-state index contributed by atoms with van der Waals surface area (Å²) in [5.74, 6) is -0.132. The molecule has 0 aliphatic heterocycles. The molecule has 1 amide bonds. The Hall–Kier alpha value is -1.76. The molecule has 0 heterocycles. The number of nitrogens with zero attached hydrogens (tertiary/aromatic N) is 2. The summed E-state index contributed by atoms with van der Waals surface area (Å²) in [7, 11) is -3.46. The van der Waals surface area contributed by atoms with Crippen LogP contribution in [0, 0.1) is 6.92 Å². The zero-order chi connectivity index (χ0) is 19.0. The Kier molecular flexibility index (Phi) is 8.22. The van der Waals surface area contributed by atoms with E-state index in [4.69, 9.17) is 0 Å². The van der Waals surface area contributed by atoms with Gasteiger partial charge in [0.15, 0.2) is 0 Å². The summed E-state index contributed by atoms with van der Waals surface area (Å²) < 4.78 is 25.8. The van der Waals surface area contributed by atoms with Crippen molar-refractivity contribution in [3.05, 3.63) is 23.8 Å². The van der Waals surface area contributed by atoms with Crippen LogP contribution in [-0.2, 0) is 14.8 Å². The highest BCUT2D eigenvalue weighted by Crippen LogP contribution is 2.27. The smallest absolute Gasteiger partial charge is 0.232 e. The van der Waals surface area contributed by atoms with E-state index in [1.807, 2.05) is 32.0 Å². The fourth-order valence-electron chi connectivity index (χ4n) is 2.73. The average molecular weight is 370 g/mol. The second-order valence-corrected chi connectivity index (χ2v) is 7.98. The topological polar surface area (TPSA) is 69.7 Å². The second kappa shape index (κ2) is 9.65. The number of carbonyl (C=O) groups excluding carboxylic acids is 1. The van der Waals surface area contributed by atoms with Gasteiger partial charge in [0.2, 0.25) is 15.9 Å². The lowest BCUT2D eigenvalue weighted by molar-refractivity contribution is -0.120. The van der Waals surface area contributed by atoms with Crippen LogP contribution in [0.5, 0.6) is 0 Å². The van der Waals surface area contributed by atoms with E-state index in [-0.39, 0.29) is 18.9 Å². The van der Waals surface area contributed by atoms with E-state index in [2.05, 4.69) is 24.1 Å². The number of benzene rings is 1. The highest BCUT2D eigenvalue weighted by molar-refractivity contribution is 7.92. The molecule has 0 bridgehead atoms. The predicted molar refractivity (Wildman–Crippen MR) is 105 cm³/mol. The Morgan fingerprint density at radius 2 is 1.80 bits per heavy atom. The molecule has 0 saturated heterocycles. The van der Waals surface area contributed by atoms with Crippen molar-refractivity contribution in [1.82, 2.24) is 5.32 Å². The number of sulfonamides is 1. The van der Waals surface area contributed by atoms with E-state index in [1.54, 1.807) is 0 Å². The molecular weight excluding hydrogens is 338 g/mol. The van der Waals surface area contributed by atoms with E-state index in [1.165, 1.54) is 10.6 Å². The highest BCUT2D eigenvalue weighted by atomic mass is 32.2. The van der Waals surface area contributed by atoms with E-state index in [0.29, 0.717) is 12.2 Å². The molecule has 0 radical (unpaired) electrons. The van der Waals surface area contributed by atoms with Crippen molar-refractivity contribution in [3.8, 4) is 0 Å². The number of rotatable bonds is 10. The zero-order valence-corrected chi connectivity index (χ0v) is 16.8. The number of carbonyl (C=O) groups is 1. The standard InChI is InChI=1S/C18H31N3O3S/c1-6-12-19-18(22)11-13-21(25(5,23)24)17-10-9-16(14-15(17)4)20(7-2)8-3/h9-10,14H,6-8,11-13H2,1-5H3,(H,19,22). The third kappa shape index (κ3) is 6.23. The van der Waals surface area contributed by atoms with E-state index < -0.39 is 10.0 Å². The van der Waals surface area contributed by atoms with Crippen molar-refractivity contribution in [2.75, 3.05) is 41.6 Å². The minimum atomic E-state index is -3.46. The van der Waals surface area contributed by atoms with Crippen LogP contribution in [0.25, 0.3) is 0 Å². The minimum absolute atomic E-state index is 0.132. The lowest BCUT2D eigenvalue weighted by Gasteiger charge is -2.26. The van der Waals surface area contributed by atoms with Gasteiger partial charge in [0, 0.05) is 38.3 Å². The van der Waals surface area contributed by atoms with Gasteiger partial charge in [-0.1, -0.05) is 6.92 Å². The van der Waals surface area contributed by atoms with E-state index >= 15 is 0 Å². The number of aryl methyl sites for hydroxylation is 1. The van der Waals surface area contributed by atoms with Crippen LogP contribution in [0.15, 0.2) is 18.2 Å². The molecule has 0 aliphatic carbocycles. The van der Waals surface area contributed by atoms with Crippen LogP contribution in [0.4, 0.5) is 11.4 Å². The van der Waals surface area contributed by atoms with Crippen molar-refractivity contribution in [3.63, 3.8) is 0 Å². The molecule has 1 aromatic carbocycles. The van der Waals surface area contributed by atoms with Gasteiger partial charge in [0.1, 0.15) is 0 Å². The minimum Gasteiger partial charge on any atom is -0.372 e. The number of amides is 1. The number of hydrogen-bond acceptors (Lipinski definition) is 4. The monoisotopic (exact) mass is 369 g/mol. The predicted octanol–water partition coefficient (Wildman–Crippen LogP) is 2.52. The second-order valence-electron chi connectivity index (χ2n) is 6.08. The average Bonchev–Trinajstić information content (AvgIpc) is 2.54. The van der Waals surface area contributed by atoms with Crippen molar-refractivity contribution in [2.24, 2.45) is 0 Å². The highest BCUT2D eigenvalue weighted by Gasteiger charge is 2.20. The third-order valence-corrected chi connectivity index (χ3v) is 5.27. The first kappa shape index (κ1) is 21.3. The van der Waals surface area contributed by atoms with E-state index in [0.717, 1.165) is 30.8 Å². The maximum Gasteiger partial charge on any atom is 0.232 e. The summed E-state index contributed by atoms with van der Waals surface area (Å²) >= 11 is 0. The number of nitrogens with one attached hydrogen (secondary N) is 1. The van der Waals surface area contributed by atoms with Gasteiger partial charge in [-0.2, -0.15) is 0 Å². The van der Waals surface area contributed by atoms with Crippen LogP contribution in [0.1, 0.15) is 39.2 Å². The Morgan fingerprint density at radius 1 is 1.16 bits per heavy atom. The molecule has 6 nitrogen and oxygen atoms in total. The normalized spacial score (nSPS) is 11.2. The molecule has 1 rings (SSSR count). The first-order chi connectivity index (χ1) is 11.7. The Balaban J connectivity index is 3.02. The van der Waals surface area contributed by atoms with Gasteiger partial charge < -0.3 is 10.2 Å². The van der Waals surface area contributed by atoms with Crippen LogP contribution in [0.2, 0.25) is 0 Å². The molecule has 1 N–H and O–H groups in total. The SMILES string of the molecule is CCCNC(=O)CCN(c1ccc(N(CC)CC)cc1C)S(C)(=O)=O. The van der Waals surface area contributed by atoms with Gasteiger partial charge in [0.25, 0.3) is 0 Å². The molecule has 7 heteroatoms. The zero-order valence-electron chi connectivity index (χ0n) is 16.0. The molecular formula is C18H31N3O3S. The molecule has 0 atom stereocenters. The fraction of sp³-hybridized carbons (Fsp3) is 0.611. The van der Waals surface area contributed by atoms with Gasteiger partial charge in [-0.3, -0.25) is 9.10 Å².